The van der Waals surface area contributed by atoms with Crippen LogP contribution in [0.4, 0.5) is 5.13 Å². The van der Waals surface area contributed by atoms with E-state index >= 15 is 0 Å². The average molecular weight is 331 g/mol. The summed E-state index contributed by atoms with van der Waals surface area (Å²) in [5.74, 6) is 0. The predicted molar refractivity (Wildman–Crippen MR) is 97.2 cm³/mol. The summed E-state index contributed by atoms with van der Waals surface area (Å²) in [5.41, 5.74) is 2.45. The average Bonchev–Trinajstić information content (AvgIpc) is 3.17. The van der Waals surface area contributed by atoms with E-state index in [-0.39, 0.29) is 0 Å². The van der Waals surface area contributed by atoms with Gasteiger partial charge in [0.1, 0.15) is 0 Å². The molecule has 2 aromatic heterocycles. The number of pyridine rings is 1. The van der Waals surface area contributed by atoms with Crippen LogP contribution in [0.3, 0.4) is 0 Å². The number of likely N-dealkylation sites (N-methyl/N-ethyl adjacent to an activating group) is 1. The van der Waals surface area contributed by atoms with Gasteiger partial charge in [-0.15, -0.1) is 11.3 Å². The van der Waals surface area contributed by atoms with Gasteiger partial charge in [-0.05, 0) is 51.4 Å². The summed E-state index contributed by atoms with van der Waals surface area (Å²) in [6, 6.07) is 4.69. The summed E-state index contributed by atoms with van der Waals surface area (Å²) in [4.78, 5) is 15.2. The summed E-state index contributed by atoms with van der Waals surface area (Å²) in [7, 11) is 2.19. The molecule has 5 heteroatoms. The van der Waals surface area contributed by atoms with E-state index in [0.717, 1.165) is 26.1 Å². The lowest BCUT2D eigenvalue weighted by molar-refractivity contribution is 0.249. The topological polar surface area (TPSA) is 32.3 Å². The zero-order chi connectivity index (χ0) is 16.2. The lowest BCUT2D eigenvalue weighted by Gasteiger charge is -2.23. The SMILES string of the molecule is Cc1ccnc(C[C@@H](C)N(C)Cc2cnc(N3CCCC3)s2)c1. The van der Waals surface area contributed by atoms with Crippen molar-refractivity contribution < 1.29 is 0 Å². The van der Waals surface area contributed by atoms with Crippen LogP contribution in [0.1, 0.15) is 35.9 Å². The standard InChI is InChI=1S/C18H26N4S/c1-14-6-7-19-16(10-14)11-15(2)21(3)13-17-12-20-18(23-17)22-8-4-5-9-22/h6-7,10,12,15H,4-5,8-9,11,13H2,1-3H3/t15-/m1/s1. The lowest BCUT2D eigenvalue weighted by atomic mass is 10.1. The second-order valence-electron chi connectivity index (χ2n) is 6.60. The fourth-order valence-corrected chi connectivity index (χ4v) is 4.02. The largest absolute Gasteiger partial charge is 0.348 e. The van der Waals surface area contributed by atoms with Crippen molar-refractivity contribution in [2.75, 3.05) is 25.0 Å². The van der Waals surface area contributed by atoms with Gasteiger partial charge in [-0.25, -0.2) is 4.98 Å². The third-order valence-corrected chi connectivity index (χ3v) is 5.60. The maximum absolute atomic E-state index is 4.61. The highest BCUT2D eigenvalue weighted by atomic mass is 32.1. The minimum atomic E-state index is 0.460. The molecule has 1 saturated heterocycles. The number of thiazole rings is 1. The molecule has 2 aromatic rings. The highest BCUT2D eigenvalue weighted by Gasteiger charge is 2.17. The predicted octanol–water partition coefficient (Wildman–Crippen LogP) is 3.51. The molecular weight excluding hydrogens is 304 g/mol. The number of hydrogen-bond donors (Lipinski definition) is 0. The second kappa shape index (κ2) is 7.41. The quantitative estimate of drug-likeness (QED) is 0.811. The smallest absolute Gasteiger partial charge is 0.185 e. The minimum Gasteiger partial charge on any atom is -0.348 e. The molecule has 0 spiro atoms. The summed E-state index contributed by atoms with van der Waals surface area (Å²) >= 11 is 1.84. The van der Waals surface area contributed by atoms with Crippen LogP contribution in [0, 0.1) is 6.92 Å². The Balaban J connectivity index is 1.56. The number of rotatable bonds is 6. The van der Waals surface area contributed by atoms with Crippen LogP contribution in [0.2, 0.25) is 0 Å². The number of hydrogen-bond acceptors (Lipinski definition) is 5. The van der Waals surface area contributed by atoms with Gasteiger partial charge in [0, 0.05) is 55.1 Å². The van der Waals surface area contributed by atoms with Crippen molar-refractivity contribution in [1.29, 1.82) is 0 Å². The Hall–Kier alpha value is -1.46. The van der Waals surface area contributed by atoms with Gasteiger partial charge >= 0.3 is 0 Å². The van der Waals surface area contributed by atoms with Crippen LogP contribution in [0.5, 0.6) is 0 Å². The van der Waals surface area contributed by atoms with Crippen LogP contribution in [0.15, 0.2) is 24.5 Å². The molecule has 124 valence electrons. The lowest BCUT2D eigenvalue weighted by Crippen LogP contribution is -2.30. The zero-order valence-corrected chi connectivity index (χ0v) is 15.1. The molecule has 0 aromatic carbocycles. The van der Waals surface area contributed by atoms with Crippen molar-refractivity contribution in [3.8, 4) is 0 Å². The van der Waals surface area contributed by atoms with Crippen LogP contribution in [0.25, 0.3) is 0 Å². The highest BCUT2D eigenvalue weighted by molar-refractivity contribution is 7.15. The Morgan fingerprint density at radius 3 is 2.83 bits per heavy atom. The van der Waals surface area contributed by atoms with E-state index in [4.69, 9.17) is 0 Å². The van der Waals surface area contributed by atoms with Crippen molar-refractivity contribution in [3.05, 3.63) is 40.7 Å². The number of nitrogens with zero attached hydrogens (tertiary/aromatic N) is 4. The molecule has 4 nitrogen and oxygen atoms in total. The normalized spacial score (nSPS) is 16.3. The highest BCUT2D eigenvalue weighted by Crippen LogP contribution is 2.26. The Morgan fingerprint density at radius 1 is 1.30 bits per heavy atom. The Kier molecular flexibility index (Phi) is 5.28. The van der Waals surface area contributed by atoms with Crippen molar-refractivity contribution in [2.24, 2.45) is 0 Å². The molecule has 3 rings (SSSR count). The summed E-state index contributed by atoms with van der Waals surface area (Å²) < 4.78 is 0. The molecule has 0 saturated carbocycles. The van der Waals surface area contributed by atoms with Crippen LogP contribution < -0.4 is 4.90 Å². The summed E-state index contributed by atoms with van der Waals surface area (Å²) in [6.45, 7) is 7.68. The van der Waals surface area contributed by atoms with Crippen molar-refractivity contribution >= 4 is 16.5 Å². The van der Waals surface area contributed by atoms with E-state index in [1.54, 1.807) is 0 Å². The molecular formula is C18H26N4S. The first kappa shape index (κ1) is 16.4. The number of anilines is 1. The van der Waals surface area contributed by atoms with E-state index < -0.39 is 0 Å². The number of aromatic nitrogens is 2. The van der Waals surface area contributed by atoms with Gasteiger partial charge in [-0.2, -0.15) is 0 Å². The number of aryl methyl sites for hydroxylation is 1. The molecule has 23 heavy (non-hydrogen) atoms. The van der Waals surface area contributed by atoms with Crippen LogP contribution >= 0.6 is 11.3 Å². The third-order valence-electron chi connectivity index (χ3n) is 4.55. The first-order valence-electron chi connectivity index (χ1n) is 8.43. The molecule has 1 atom stereocenters. The van der Waals surface area contributed by atoms with Gasteiger partial charge in [-0.3, -0.25) is 9.88 Å². The molecule has 1 aliphatic rings. The molecule has 0 radical (unpaired) electrons. The third kappa shape index (κ3) is 4.30. The fourth-order valence-electron chi connectivity index (χ4n) is 3.00. The monoisotopic (exact) mass is 330 g/mol. The van der Waals surface area contributed by atoms with E-state index in [2.05, 4.69) is 52.8 Å². The van der Waals surface area contributed by atoms with Crippen molar-refractivity contribution in [2.45, 2.75) is 45.7 Å². The van der Waals surface area contributed by atoms with E-state index in [0.29, 0.717) is 6.04 Å². The molecule has 0 N–H and O–H groups in total. The fraction of sp³-hybridized carbons (Fsp3) is 0.556. The van der Waals surface area contributed by atoms with Gasteiger partial charge in [0.25, 0.3) is 0 Å². The summed E-state index contributed by atoms with van der Waals surface area (Å²) in [6.07, 6.45) is 7.54. The second-order valence-corrected chi connectivity index (χ2v) is 7.69. The molecule has 0 aliphatic carbocycles. The molecule has 1 fully saturated rings. The van der Waals surface area contributed by atoms with Crippen LogP contribution in [-0.2, 0) is 13.0 Å². The van der Waals surface area contributed by atoms with Crippen LogP contribution in [-0.4, -0.2) is 41.0 Å². The molecule has 1 aliphatic heterocycles. The molecule has 0 amide bonds. The van der Waals surface area contributed by atoms with Crippen molar-refractivity contribution in [3.63, 3.8) is 0 Å². The molecule has 3 heterocycles. The van der Waals surface area contributed by atoms with Gasteiger partial charge in [0.2, 0.25) is 0 Å². The Bertz CT molecular complexity index is 633. The maximum Gasteiger partial charge on any atom is 0.185 e. The van der Waals surface area contributed by atoms with E-state index in [9.17, 15) is 0 Å². The van der Waals surface area contributed by atoms with Gasteiger partial charge in [0.05, 0.1) is 0 Å². The van der Waals surface area contributed by atoms with E-state index in [1.807, 2.05) is 23.7 Å². The maximum atomic E-state index is 4.61. The molecule has 0 bridgehead atoms. The summed E-state index contributed by atoms with van der Waals surface area (Å²) in [5, 5.41) is 1.19. The van der Waals surface area contributed by atoms with E-state index in [1.165, 1.54) is 34.1 Å². The zero-order valence-electron chi connectivity index (χ0n) is 14.3. The van der Waals surface area contributed by atoms with Gasteiger partial charge in [0.15, 0.2) is 5.13 Å². The van der Waals surface area contributed by atoms with Crippen molar-refractivity contribution in [1.82, 2.24) is 14.9 Å². The Labute approximate surface area is 143 Å². The first-order valence-corrected chi connectivity index (χ1v) is 9.25. The molecule has 0 unspecified atom stereocenters. The minimum absolute atomic E-state index is 0.460. The van der Waals surface area contributed by atoms with Gasteiger partial charge in [-0.1, -0.05) is 0 Å². The van der Waals surface area contributed by atoms with Gasteiger partial charge < -0.3 is 4.90 Å². The first-order chi connectivity index (χ1) is 11.1. The Morgan fingerprint density at radius 2 is 2.09 bits per heavy atom.